The maximum absolute atomic E-state index is 10.9. The summed E-state index contributed by atoms with van der Waals surface area (Å²) >= 11 is 0. The molecule has 1 heterocycles. The lowest BCUT2D eigenvalue weighted by atomic mass is 10.2. The Morgan fingerprint density at radius 2 is 2.00 bits per heavy atom. The second-order valence-corrected chi connectivity index (χ2v) is 3.75. The molecule has 0 aliphatic rings. The lowest BCUT2D eigenvalue weighted by Gasteiger charge is -2.04. The van der Waals surface area contributed by atoms with Crippen molar-refractivity contribution < 1.29 is 4.92 Å². The lowest BCUT2D eigenvalue weighted by molar-refractivity contribution is -0.384. The van der Waals surface area contributed by atoms with Gasteiger partial charge in [0.05, 0.1) is 10.6 Å². The van der Waals surface area contributed by atoms with Gasteiger partial charge in [-0.3, -0.25) is 10.1 Å². The van der Waals surface area contributed by atoms with Gasteiger partial charge in [0.15, 0.2) is 0 Å². The zero-order chi connectivity index (χ0) is 12.6. The van der Waals surface area contributed by atoms with Crippen LogP contribution in [0, 0.1) is 24.0 Å². The minimum atomic E-state index is -0.443. The molecule has 0 bridgehead atoms. The first-order valence-electron chi connectivity index (χ1n) is 5.08. The first-order chi connectivity index (χ1) is 8.02. The van der Waals surface area contributed by atoms with Crippen LogP contribution >= 0.6 is 0 Å². The van der Waals surface area contributed by atoms with E-state index in [-0.39, 0.29) is 5.69 Å². The van der Waals surface area contributed by atoms with Crippen LogP contribution in [0.25, 0.3) is 5.69 Å². The van der Waals surface area contributed by atoms with Crippen LogP contribution in [0.1, 0.15) is 11.3 Å². The van der Waals surface area contributed by atoms with E-state index in [0.29, 0.717) is 11.5 Å². The molecule has 0 fully saturated rings. The lowest BCUT2D eigenvalue weighted by Crippen LogP contribution is -2.05. The fourth-order valence-electron chi connectivity index (χ4n) is 1.60. The van der Waals surface area contributed by atoms with Gasteiger partial charge in [-0.05, 0) is 19.9 Å². The first kappa shape index (κ1) is 11.1. The van der Waals surface area contributed by atoms with E-state index in [0.717, 1.165) is 11.3 Å². The molecule has 0 aliphatic heterocycles. The smallest absolute Gasteiger partial charge is 0.294 e. The minimum absolute atomic E-state index is 0.0123. The third kappa shape index (κ3) is 1.73. The van der Waals surface area contributed by atoms with Gasteiger partial charge in [0.1, 0.15) is 11.5 Å². The van der Waals surface area contributed by atoms with E-state index in [1.807, 2.05) is 13.8 Å². The van der Waals surface area contributed by atoms with Gasteiger partial charge in [-0.2, -0.15) is 5.10 Å². The number of nitro groups is 1. The second-order valence-electron chi connectivity index (χ2n) is 3.75. The van der Waals surface area contributed by atoms with Crippen molar-refractivity contribution in [1.82, 2.24) is 9.78 Å². The quantitative estimate of drug-likeness (QED) is 0.633. The molecule has 0 atom stereocenters. The molecule has 1 aromatic heterocycles. The van der Waals surface area contributed by atoms with Crippen molar-refractivity contribution in [3.05, 3.63) is 45.6 Å². The average molecular weight is 232 g/mol. The summed E-state index contributed by atoms with van der Waals surface area (Å²) in [5, 5.41) is 15.1. The maximum atomic E-state index is 10.9. The number of nitrogens with two attached hydrogens (primary N) is 1. The summed E-state index contributed by atoms with van der Waals surface area (Å²) < 4.78 is 1.41. The highest BCUT2D eigenvalue weighted by molar-refractivity contribution is 5.57. The molecule has 0 unspecified atom stereocenters. The Bertz CT molecular complexity index is 589. The van der Waals surface area contributed by atoms with Gasteiger partial charge in [0.25, 0.3) is 5.69 Å². The number of aryl methyl sites for hydroxylation is 1. The summed E-state index contributed by atoms with van der Waals surface area (Å²) in [5.41, 5.74) is 7.85. The molecule has 0 spiro atoms. The Morgan fingerprint density at radius 3 is 2.53 bits per heavy atom. The molecule has 2 N–H and O–H groups in total. The van der Waals surface area contributed by atoms with Crippen LogP contribution in [0.4, 0.5) is 11.5 Å². The molecule has 0 saturated carbocycles. The standard InChI is InChI=1S/C11H12N4O2/c1-7-8(2)13-14(11(7)12)9-5-3-4-6-10(9)15(16)17/h3-6H,12H2,1-2H3. The Morgan fingerprint density at radius 1 is 1.35 bits per heavy atom. The minimum Gasteiger partial charge on any atom is -0.383 e. The number of para-hydroxylation sites is 2. The number of anilines is 1. The number of nitrogens with zero attached hydrogens (tertiary/aromatic N) is 3. The van der Waals surface area contributed by atoms with Gasteiger partial charge in [-0.25, -0.2) is 4.68 Å². The van der Waals surface area contributed by atoms with Gasteiger partial charge in [-0.15, -0.1) is 0 Å². The number of nitro benzene ring substituents is 1. The largest absolute Gasteiger partial charge is 0.383 e. The zero-order valence-corrected chi connectivity index (χ0v) is 9.54. The van der Waals surface area contributed by atoms with Crippen molar-refractivity contribution in [3.8, 4) is 5.69 Å². The highest BCUT2D eigenvalue weighted by Gasteiger charge is 2.18. The summed E-state index contributed by atoms with van der Waals surface area (Å²) in [6.45, 7) is 3.65. The summed E-state index contributed by atoms with van der Waals surface area (Å²) in [4.78, 5) is 10.5. The van der Waals surface area contributed by atoms with Gasteiger partial charge in [0, 0.05) is 11.6 Å². The van der Waals surface area contributed by atoms with Crippen molar-refractivity contribution in [2.24, 2.45) is 0 Å². The highest BCUT2D eigenvalue weighted by Crippen LogP contribution is 2.26. The predicted octanol–water partition coefficient (Wildman–Crippen LogP) is 1.98. The third-order valence-corrected chi connectivity index (χ3v) is 2.71. The molecule has 0 saturated heterocycles. The average Bonchev–Trinajstić information content (AvgIpc) is 2.57. The van der Waals surface area contributed by atoms with Crippen LogP contribution in [-0.4, -0.2) is 14.7 Å². The van der Waals surface area contributed by atoms with Crippen LogP contribution in [0.3, 0.4) is 0 Å². The molecule has 1 aromatic carbocycles. The second kappa shape index (κ2) is 3.89. The molecule has 0 aliphatic carbocycles. The maximum Gasteiger partial charge on any atom is 0.294 e. The van der Waals surface area contributed by atoms with Crippen LogP contribution < -0.4 is 5.73 Å². The predicted molar refractivity (Wildman–Crippen MR) is 64.1 cm³/mol. The van der Waals surface area contributed by atoms with Crippen LogP contribution in [-0.2, 0) is 0 Å². The SMILES string of the molecule is Cc1nn(-c2ccccc2[N+](=O)[O-])c(N)c1C. The number of hydrogen-bond acceptors (Lipinski definition) is 4. The van der Waals surface area contributed by atoms with Crippen LogP contribution in [0.5, 0.6) is 0 Å². The highest BCUT2D eigenvalue weighted by atomic mass is 16.6. The van der Waals surface area contributed by atoms with Gasteiger partial charge >= 0.3 is 0 Å². The van der Waals surface area contributed by atoms with E-state index in [1.165, 1.54) is 10.7 Å². The Hall–Kier alpha value is -2.37. The fraction of sp³-hybridized carbons (Fsp3) is 0.182. The number of aromatic nitrogens is 2. The number of benzene rings is 1. The van der Waals surface area contributed by atoms with Crippen molar-refractivity contribution >= 4 is 11.5 Å². The molecule has 17 heavy (non-hydrogen) atoms. The van der Waals surface area contributed by atoms with Crippen LogP contribution in [0.2, 0.25) is 0 Å². The summed E-state index contributed by atoms with van der Waals surface area (Å²) in [7, 11) is 0. The van der Waals surface area contributed by atoms with E-state index in [4.69, 9.17) is 5.73 Å². The van der Waals surface area contributed by atoms with Gasteiger partial charge < -0.3 is 5.73 Å². The summed E-state index contributed by atoms with van der Waals surface area (Å²) in [6.07, 6.45) is 0. The molecule has 2 aromatic rings. The van der Waals surface area contributed by atoms with E-state index < -0.39 is 4.92 Å². The summed E-state index contributed by atoms with van der Waals surface area (Å²) in [5.74, 6) is 0.428. The van der Waals surface area contributed by atoms with E-state index in [2.05, 4.69) is 5.10 Å². The molecule has 0 amide bonds. The van der Waals surface area contributed by atoms with Gasteiger partial charge in [0.2, 0.25) is 0 Å². The fourth-order valence-corrected chi connectivity index (χ4v) is 1.60. The Balaban J connectivity index is 2.68. The van der Waals surface area contributed by atoms with E-state index in [9.17, 15) is 10.1 Å². The first-order valence-corrected chi connectivity index (χ1v) is 5.08. The molecular formula is C11H12N4O2. The van der Waals surface area contributed by atoms with Crippen LogP contribution in [0.15, 0.2) is 24.3 Å². The zero-order valence-electron chi connectivity index (χ0n) is 9.54. The number of nitrogen functional groups attached to an aromatic ring is 1. The van der Waals surface area contributed by atoms with Crippen molar-refractivity contribution in [2.75, 3.05) is 5.73 Å². The molecule has 0 radical (unpaired) electrons. The molecule has 6 heteroatoms. The van der Waals surface area contributed by atoms with E-state index in [1.54, 1.807) is 18.2 Å². The third-order valence-electron chi connectivity index (χ3n) is 2.71. The normalized spacial score (nSPS) is 10.5. The monoisotopic (exact) mass is 232 g/mol. The molecule has 6 nitrogen and oxygen atoms in total. The molecular weight excluding hydrogens is 220 g/mol. The topological polar surface area (TPSA) is 87.0 Å². The number of hydrogen-bond donors (Lipinski definition) is 1. The summed E-state index contributed by atoms with van der Waals surface area (Å²) in [6, 6.07) is 6.39. The number of rotatable bonds is 2. The molecule has 88 valence electrons. The van der Waals surface area contributed by atoms with Crippen molar-refractivity contribution in [1.29, 1.82) is 0 Å². The Labute approximate surface area is 97.8 Å². The molecule has 2 rings (SSSR count). The van der Waals surface area contributed by atoms with E-state index >= 15 is 0 Å². The van der Waals surface area contributed by atoms with Gasteiger partial charge in [-0.1, -0.05) is 12.1 Å². The Kier molecular flexibility index (Phi) is 2.55. The van der Waals surface area contributed by atoms with Crippen molar-refractivity contribution in [2.45, 2.75) is 13.8 Å². The van der Waals surface area contributed by atoms with Crippen molar-refractivity contribution in [3.63, 3.8) is 0 Å².